The summed E-state index contributed by atoms with van der Waals surface area (Å²) in [5.41, 5.74) is 2.97. The second kappa shape index (κ2) is 8.73. The van der Waals surface area contributed by atoms with Crippen LogP contribution in [0.1, 0.15) is 74.8 Å². The third kappa shape index (κ3) is 3.85. The summed E-state index contributed by atoms with van der Waals surface area (Å²) in [4.78, 5) is 29.4. The van der Waals surface area contributed by atoms with E-state index in [1.165, 1.54) is 24.8 Å². The summed E-state index contributed by atoms with van der Waals surface area (Å²) in [7, 11) is 0. The highest BCUT2D eigenvalue weighted by Crippen LogP contribution is 2.36. The Hall–Kier alpha value is -3.02. The predicted octanol–water partition coefficient (Wildman–Crippen LogP) is 5.44. The van der Waals surface area contributed by atoms with Crippen molar-refractivity contribution in [3.63, 3.8) is 0 Å². The maximum Gasteiger partial charge on any atom is 0.276 e. The zero-order valence-corrected chi connectivity index (χ0v) is 19.6. The molecule has 5 rings (SSSR count). The van der Waals surface area contributed by atoms with Gasteiger partial charge in [-0.25, -0.2) is 0 Å². The maximum absolute atomic E-state index is 13.9. The van der Waals surface area contributed by atoms with E-state index in [2.05, 4.69) is 12.2 Å². The van der Waals surface area contributed by atoms with E-state index in [0.29, 0.717) is 17.8 Å². The van der Waals surface area contributed by atoms with Crippen LogP contribution in [0.15, 0.2) is 47.1 Å². The highest BCUT2D eigenvalue weighted by molar-refractivity contribution is 6.13. The van der Waals surface area contributed by atoms with E-state index in [1.807, 2.05) is 41.8 Å². The molecule has 2 amide bonds. The van der Waals surface area contributed by atoms with E-state index < -0.39 is 5.54 Å². The molecular formula is C27H33N3O3. The fourth-order valence-electron chi connectivity index (χ4n) is 5.44. The number of fused-ring (bicyclic) bond motifs is 3. The number of hydrogen-bond acceptors (Lipinski definition) is 3. The summed E-state index contributed by atoms with van der Waals surface area (Å²) < 4.78 is 7.51. The number of nitrogens with one attached hydrogen (secondary N) is 1. The van der Waals surface area contributed by atoms with E-state index in [-0.39, 0.29) is 17.9 Å². The number of carbonyl (C=O) groups excluding carboxylic acids is 2. The van der Waals surface area contributed by atoms with Crippen LogP contribution < -0.4 is 10.2 Å². The van der Waals surface area contributed by atoms with Crippen LogP contribution >= 0.6 is 0 Å². The van der Waals surface area contributed by atoms with Crippen molar-refractivity contribution in [2.75, 3.05) is 4.90 Å². The van der Waals surface area contributed by atoms with Crippen LogP contribution in [-0.2, 0) is 17.8 Å². The summed E-state index contributed by atoms with van der Waals surface area (Å²) in [5, 5.41) is 3.34. The van der Waals surface area contributed by atoms with Crippen molar-refractivity contribution in [2.24, 2.45) is 0 Å². The molecule has 6 heteroatoms. The van der Waals surface area contributed by atoms with Gasteiger partial charge in [-0.3, -0.25) is 14.5 Å². The number of rotatable bonds is 4. The van der Waals surface area contributed by atoms with E-state index in [0.717, 1.165) is 43.3 Å². The molecule has 3 aromatic rings. The van der Waals surface area contributed by atoms with Crippen LogP contribution in [-0.4, -0.2) is 28.0 Å². The Labute approximate surface area is 194 Å². The second-order valence-corrected chi connectivity index (χ2v) is 9.74. The third-order valence-electron chi connectivity index (χ3n) is 7.44. The summed E-state index contributed by atoms with van der Waals surface area (Å²) >= 11 is 0. The number of hydrogen-bond donors (Lipinski definition) is 1. The fraction of sp³-hybridized carbons (Fsp3) is 0.481. The quantitative estimate of drug-likeness (QED) is 0.579. The van der Waals surface area contributed by atoms with Gasteiger partial charge in [0.25, 0.3) is 5.91 Å². The van der Waals surface area contributed by atoms with Crippen molar-refractivity contribution in [3.8, 4) is 0 Å². The molecule has 2 aromatic heterocycles. The fourth-order valence-corrected chi connectivity index (χ4v) is 5.44. The van der Waals surface area contributed by atoms with Crippen LogP contribution in [0.4, 0.5) is 5.69 Å². The molecule has 174 valence electrons. The van der Waals surface area contributed by atoms with Gasteiger partial charge in [0.15, 0.2) is 5.58 Å². The zero-order chi connectivity index (χ0) is 23.0. The van der Waals surface area contributed by atoms with Crippen molar-refractivity contribution in [1.82, 2.24) is 9.88 Å². The first-order chi connectivity index (χ1) is 16.0. The molecule has 33 heavy (non-hydrogen) atoms. The lowest BCUT2D eigenvalue weighted by Gasteiger charge is -2.44. The number of furan rings is 1. The van der Waals surface area contributed by atoms with Crippen molar-refractivity contribution in [2.45, 2.75) is 83.3 Å². The lowest BCUT2D eigenvalue weighted by molar-refractivity contribution is -0.127. The summed E-state index contributed by atoms with van der Waals surface area (Å²) in [6, 6.07) is 11.8. The zero-order valence-electron chi connectivity index (χ0n) is 19.6. The lowest BCUT2D eigenvalue weighted by atomic mass is 9.91. The molecule has 1 atom stereocenters. The molecule has 3 heterocycles. The first-order valence-electron chi connectivity index (χ1n) is 12.3. The first-order valence-corrected chi connectivity index (χ1v) is 12.3. The average molecular weight is 448 g/mol. The minimum atomic E-state index is -1.05. The van der Waals surface area contributed by atoms with E-state index >= 15 is 0 Å². The molecule has 2 aliphatic rings. The molecule has 1 fully saturated rings. The molecule has 1 N–H and O–H groups in total. The Kier molecular flexibility index (Phi) is 5.77. The van der Waals surface area contributed by atoms with Gasteiger partial charge in [0.05, 0.1) is 18.3 Å². The average Bonchev–Trinajstić information content (AvgIpc) is 3.38. The highest BCUT2D eigenvalue weighted by atomic mass is 16.3. The van der Waals surface area contributed by atoms with Gasteiger partial charge in [-0.15, -0.1) is 0 Å². The minimum Gasteiger partial charge on any atom is -0.463 e. The van der Waals surface area contributed by atoms with Crippen LogP contribution in [0.2, 0.25) is 0 Å². The largest absolute Gasteiger partial charge is 0.463 e. The van der Waals surface area contributed by atoms with E-state index in [4.69, 9.17) is 4.42 Å². The van der Waals surface area contributed by atoms with Crippen LogP contribution in [0.25, 0.3) is 11.1 Å². The van der Waals surface area contributed by atoms with Gasteiger partial charge in [0.1, 0.15) is 11.2 Å². The van der Waals surface area contributed by atoms with Crippen LogP contribution in [0.3, 0.4) is 0 Å². The van der Waals surface area contributed by atoms with Crippen LogP contribution in [0.5, 0.6) is 0 Å². The molecule has 0 unspecified atom stereocenters. The van der Waals surface area contributed by atoms with Gasteiger partial charge >= 0.3 is 0 Å². The highest BCUT2D eigenvalue weighted by Gasteiger charge is 2.49. The van der Waals surface area contributed by atoms with E-state index in [9.17, 15) is 9.59 Å². The summed E-state index contributed by atoms with van der Waals surface area (Å²) in [6.07, 6.45) is 10.6. The van der Waals surface area contributed by atoms with Crippen molar-refractivity contribution in [3.05, 3.63) is 53.9 Å². The normalized spacial score (nSPS) is 22.1. The van der Waals surface area contributed by atoms with Gasteiger partial charge in [0, 0.05) is 23.9 Å². The van der Waals surface area contributed by atoms with Gasteiger partial charge in [-0.2, -0.15) is 0 Å². The third-order valence-corrected chi connectivity index (χ3v) is 7.44. The minimum absolute atomic E-state index is 0.0861. The Morgan fingerprint density at radius 1 is 1.09 bits per heavy atom. The number of carbonyl (C=O) groups is 2. The number of benzene rings is 1. The SMILES string of the molecule is CCc1ccc(N2C(=O)c3cc4occc4n3C[C@@]2(C)C(=O)NC2CCCCCCC2)cc1. The Morgan fingerprint density at radius 3 is 2.48 bits per heavy atom. The number of aryl methyl sites for hydroxylation is 1. The molecule has 0 radical (unpaired) electrons. The molecule has 1 saturated carbocycles. The first kappa shape index (κ1) is 21.8. The van der Waals surface area contributed by atoms with E-state index in [1.54, 1.807) is 17.2 Å². The van der Waals surface area contributed by atoms with Crippen molar-refractivity contribution < 1.29 is 14.0 Å². The number of nitrogens with zero attached hydrogens (tertiary/aromatic N) is 2. The smallest absolute Gasteiger partial charge is 0.276 e. The lowest BCUT2D eigenvalue weighted by Crippen LogP contribution is -2.65. The second-order valence-electron chi connectivity index (χ2n) is 9.74. The Morgan fingerprint density at radius 2 is 1.79 bits per heavy atom. The topological polar surface area (TPSA) is 67.5 Å². The standard InChI is InChI=1S/C27H33N3O3/c1-3-19-11-13-21(14-12-19)30-25(31)23-17-24-22(15-16-33-24)29(23)18-27(30,2)26(32)28-20-9-7-5-4-6-8-10-20/h11-17,20H,3-10,18H2,1-2H3,(H,28,32)/t27-/m0/s1. The monoisotopic (exact) mass is 447 g/mol. The van der Waals surface area contributed by atoms with Gasteiger partial charge in [-0.1, -0.05) is 51.2 Å². The molecule has 0 spiro atoms. The van der Waals surface area contributed by atoms with Gasteiger partial charge in [0.2, 0.25) is 5.91 Å². The Balaban J connectivity index is 1.54. The molecule has 0 saturated heterocycles. The maximum atomic E-state index is 13.9. The molecule has 1 aliphatic heterocycles. The number of anilines is 1. The van der Waals surface area contributed by atoms with Crippen LogP contribution in [0, 0.1) is 0 Å². The number of amides is 2. The molecule has 0 bridgehead atoms. The Bertz CT molecular complexity index is 1150. The molecular weight excluding hydrogens is 414 g/mol. The predicted molar refractivity (Wildman–Crippen MR) is 129 cm³/mol. The van der Waals surface area contributed by atoms with Crippen molar-refractivity contribution >= 4 is 28.6 Å². The molecule has 1 aliphatic carbocycles. The van der Waals surface area contributed by atoms with Gasteiger partial charge < -0.3 is 14.3 Å². The summed E-state index contributed by atoms with van der Waals surface area (Å²) in [6.45, 7) is 4.38. The molecule has 1 aromatic carbocycles. The van der Waals surface area contributed by atoms with Crippen molar-refractivity contribution in [1.29, 1.82) is 0 Å². The van der Waals surface area contributed by atoms with Gasteiger partial charge in [-0.05, 0) is 43.9 Å². The summed E-state index contributed by atoms with van der Waals surface area (Å²) in [5.74, 6) is -0.260. The molecule has 6 nitrogen and oxygen atoms in total. The number of aromatic nitrogens is 1.